The van der Waals surface area contributed by atoms with E-state index in [2.05, 4.69) is 20.8 Å². The topological polar surface area (TPSA) is 87.2 Å². The Kier molecular flexibility index (Phi) is 3.07. The van der Waals surface area contributed by atoms with E-state index >= 15 is 0 Å². The zero-order valence-electron chi connectivity index (χ0n) is 10.6. The van der Waals surface area contributed by atoms with Crippen molar-refractivity contribution in [2.75, 3.05) is 29.1 Å². The highest BCUT2D eigenvalue weighted by atomic mass is 32.1. The van der Waals surface area contributed by atoms with Gasteiger partial charge >= 0.3 is 0 Å². The van der Waals surface area contributed by atoms with Gasteiger partial charge in [-0.1, -0.05) is 23.5 Å². The molecule has 1 aromatic carbocycles. The highest BCUT2D eigenvalue weighted by Gasteiger charge is 2.29. The van der Waals surface area contributed by atoms with E-state index < -0.39 is 0 Å². The second-order valence-corrected chi connectivity index (χ2v) is 5.10. The van der Waals surface area contributed by atoms with Crippen LogP contribution in [-0.2, 0) is 4.79 Å². The summed E-state index contributed by atoms with van der Waals surface area (Å²) in [6.07, 6.45) is 0. The van der Waals surface area contributed by atoms with Crippen LogP contribution in [0.2, 0.25) is 0 Å². The predicted octanol–water partition coefficient (Wildman–Crippen LogP) is 1.18. The smallest absolute Gasteiger partial charge is 0.289 e. The summed E-state index contributed by atoms with van der Waals surface area (Å²) in [5, 5.41) is 14.0. The molecular formula is C12H11N5O2S. The van der Waals surface area contributed by atoms with Gasteiger partial charge in [0.2, 0.25) is 16.0 Å². The predicted molar refractivity (Wildman–Crippen MR) is 76.2 cm³/mol. The maximum Gasteiger partial charge on any atom is 0.289 e. The van der Waals surface area contributed by atoms with Gasteiger partial charge in [-0.25, -0.2) is 0 Å². The van der Waals surface area contributed by atoms with E-state index in [4.69, 9.17) is 0 Å². The molecule has 0 atom stereocenters. The first kappa shape index (κ1) is 12.5. The van der Waals surface area contributed by atoms with Crippen LogP contribution in [0.5, 0.6) is 0 Å². The molecule has 102 valence electrons. The third kappa shape index (κ3) is 2.10. The SMILES string of the molecule is CNc1nnc(C(=O)N2CC(=O)Nc3ccccc32)s1. The maximum atomic E-state index is 12.5. The summed E-state index contributed by atoms with van der Waals surface area (Å²) in [4.78, 5) is 25.6. The Hall–Kier alpha value is -2.48. The van der Waals surface area contributed by atoms with Crippen molar-refractivity contribution in [1.82, 2.24) is 10.2 Å². The summed E-state index contributed by atoms with van der Waals surface area (Å²) in [5.74, 6) is -0.554. The molecule has 2 amide bonds. The molecule has 0 saturated heterocycles. The van der Waals surface area contributed by atoms with E-state index in [1.54, 1.807) is 25.2 Å². The largest absolute Gasteiger partial charge is 0.363 e. The summed E-state index contributed by atoms with van der Waals surface area (Å²) >= 11 is 1.15. The van der Waals surface area contributed by atoms with Crippen molar-refractivity contribution in [3.8, 4) is 0 Å². The van der Waals surface area contributed by atoms with Crippen LogP contribution in [0, 0.1) is 0 Å². The molecular weight excluding hydrogens is 278 g/mol. The number of carbonyl (C=O) groups excluding carboxylic acids is 2. The molecule has 7 nitrogen and oxygen atoms in total. The van der Waals surface area contributed by atoms with Crippen molar-refractivity contribution >= 4 is 39.7 Å². The molecule has 1 aromatic heterocycles. The van der Waals surface area contributed by atoms with Gasteiger partial charge in [0.1, 0.15) is 6.54 Å². The average Bonchev–Trinajstić information content (AvgIpc) is 2.94. The second-order valence-electron chi connectivity index (χ2n) is 4.12. The molecule has 2 heterocycles. The van der Waals surface area contributed by atoms with Crippen LogP contribution in [0.3, 0.4) is 0 Å². The van der Waals surface area contributed by atoms with Crippen LogP contribution in [0.25, 0.3) is 0 Å². The molecule has 8 heteroatoms. The van der Waals surface area contributed by atoms with E-state index in [9.17, 15) is 9.59 Å². The number of rotatable bonds is 2. The van der Waals surface area contributed by atoms with E-state index in [1.165, 1.54) is 4.90 Å². The van der Waals surface area contributed by atoms with Crippen molar-refractivity contribution in [1.29, 1.82) is 0 Å². The van der Waals surface area contributed by atoms with Gasteiger partial charge in [0.15, 0.2) is 0 Å². The van der Waals surface area contributed by atoms with Crippen LogP contribution >= 0.6 is 11.3 Å². The first-order valence-electron chi connectivity index (χ1n) is 5.91. The molecule has 2 aromatic rings. The number of benzene rings is 1. The van der Waals surface area contributed by atoms with E-state index in [-0.39, 0.29) is 23.4 Å². The monoisotopic (exact) mass is 289 g/mol. The third-order valence-corrected chi connectivity index (χ3v) is 3.77. The molecule has 0 aliphatic carbocycles. The lowest BCUT2D eigenvalue weighted by molar-refractivity contribution is -0.115. The Labute approximate surface area is 118 Å². The maximum absolute atomic E-state index is 12.5. The fourth-order valence-electron chi connectivity index (χ4n) is 1.94. The lowest BCUT2D eigenvalue weighted by Crippen LogP contribution is -2.42. The lowest BCUT2D eigenvalue weighted by Gasteiger charge is -2.28. The van der Waals surface area contributed by atoms with Crippen LogP contribution in [0.4, 0.5) is 16.5 Å². The summed E-state index contributed by atoms with van der Waals surface area (Å²) in [6, 6.07) is 7.16. The Morgan fingerprint density at radius 3 is 2.95 bits per heavy atom. The minimum absolute atomic E-state index is 0.0235. The minimum atomic E-state index is -0.327. The number of carbonyl (C=O) groups is 2. The van der Waals surface area contributed by atoms with Gasteiger partial charge in [0.25, 0.3) is 5.91 Å². The number of anilines is 3. The summed E-state index contributed by atoms with van der Waals surface area (Å²) in [7, 11) is 1.71. The molecule has 0 unspecified atom stereocenters. The molecule has 1 aliphatic rings. The number of fused-ring (bicyclic) bond motifs is 1. The van der Waals surface area contributed by atoms with Crippen LogP contribution in [-0.4, -0.2) is 35.6 Å². The average molecular weight is 289 g/mol. The van der Waals surface area contributed by atoms with Crippen molar-refractivity contribution in [2.24, 2.45) is 0 Å². The zero-order chi connectivity index (χ0) is 14.1. The minimum Gasteiger partial charge on any atom is -0.363 e. The standard InChI is InChI=1S/C12H11N5O2S/c1-13-12-16-15-10(20-12)11(19)17-6-9(18)14-7-4-2-3-5-8(7)17/h2-5H,6H2,1H3,(H,13,16)(H,14,18). The van der Waals surface area contributed by atoms with Crippen LogP contribution in [0.1, 0.15) is 9.80 Å². The van der Waals surface area contributed by atoms with E-state index in [0.29, 0.717) is 16.5 Å². The molecule has 3 rings (SSSR count). The van der Waals surface area contributed by atoms with Gasteiger partial charge in [-0.05, 0) is 12.1 Å². The second kappa shape index (κ2) is 4.89. The van der Waals surface area contributed by atoms with Gasteiger partial charge < -0.3 is 10.6 Å². The first-order chi connectivity index (χ1) is 9.69. The molecule has 0 spiro atoms. The molecule has 0 fully saturated rings. The van der Waals surface area contributed by atoms with E-state index in [1.807, 2.05) is 6.07 Å². The van der Waals surface area contributed by atoms with Gasteiger partial charge in [-0.3, -0.25) is 14.5 Å². The van der Waals surface area contributed by atoms with Crippen molar-refractivity contribution in [3.63, 3.8) is 0 Å². The normalized spacial score (nSPS) is 13.7. The fraction of sp³-hybridized carbons (Fsp3) is 0.167. The van der Waals surface area contributed by atoms with Gasteiger partial charge in [0.05, 0.1) is 11.4 Å². The molecule has 0 radical (unpaired) electrons. The highest BCUT2D eigenvalue weighted by Crippen LogP contribution is 2.30. The number of amides is 2. The number of hydrogen-bond donors (Lipinski definition) is 2. The number of aromatic nitrogens is 2. The van der Waals surface area contributed by atoms with Gasteiger partial charge in [-0.15, -0.1) is 10.2 Å². The summed E-state index contributed by atoms with van der Waals surface area (Å²) < 4.78 is 0. The lowest BCUT2D eigenvalue weighted by atomic mass is 10.2. The summed E-state index contributed by atoms with van der Waals surface area (Å²) in [5.41, 5.74) is 1.29. The first-order valence-corrected chi connectivity index (χ1v) is 6.72. The fourth-order valence-corrected chi connectivity index (χ4v) is 2.59. The molecule has 1 aliphatic heterocycles. The van der Waals surface area contributed by atoms with Crippen molar-refractivity contribution in [2.45, 2.75) is 0 Å². The van der Waals surface area contributed by atoms with Crippen molar-refractivity contribution in [3.05, 3.63) is 29.3 Å². The van der Waals surface area contributed by atoms with Gasteiger partial charge in [0, 0.05) is 7.05 Å². The summed E-state index contributed by atoms with van der Waals surface area (Å²) in [6.45, 7) is -0.0235. The Balaban J connectivity index is 1.97. The zero-order valence-corrected chi connectivity index (χ0v) is 11.4. The number of nitrogens with one attached hydrogen (secondary N) is 2. The Bertz CT molecular complexity index is 684. The molecule has 20 heavy (non-hydrogen) atoms. The van der Waals surface area contributed by atoms with Gasteiger partial charge in [-0.2, -0.15) is 0 Å². The Morgan fingerprint density at radius 1 is 1.40 bits per heavy atom. The number of nitrogens with zero attached hydrogens (tertiary/aromatic N) is 3. The molecule has 2 N–H and O–H groups in total. The number of para-hydroxylation sites is 2. The molecule has 0 saturated carbocycles. The highest BCUT2D eigenvalue weighted by molar-refractivity contribution is 7.17. The quantitative estimate of drug-likeness (QED) is 0.867. The van der Waals surface area contributed by atoms with Crippen LogP contribution < -0.4 is 15.5 Å². The van der Waals surface area contributed by atoms with Crippen LogP contribution in [0.15, 0.2) is 24.3 Å². The van der Waals surface area contributed by atoms with E-state index in [0.717, 1.165) is 11.3 Å². The van der Waals surface area contributed by atoms with Crippen molar-refractivity contribution < 1.29 is 9.59 Å². The molecule has 0 bridgehead atoms. The number of hydrogen-bond acceptors (Lipinski definition) is 6. The third-order valence-electron chi connectivity index (χ3n) is 2.84. The Morgan fingerprint density at radius 2 is 2.20 bits per heavy atom.